The largest absolute Gasteiger partial charge is 0.480 e. The molecule has 0 radical (unpaired) electrons. The van der Waals surface area contributed by atoms with Crippen molar-refractivity contribution in [1.29, 1.82) is 0 Å². The summed E-state index contributed by atoms with van der Waals surface area (Å²) in [5.74, 6) is 4.83. The molecule has 1 amide bonds. The second-order valence-electron chi connectivity index (χ2n) is 5.08. The van der Waals surface area contributed by atoms with Crippen LogP contribution in [0.3, 0.4) is 0 Å². The fourth-order valence-corrected chi connectivity index (χ4v) is 2.91. The van der Waals surface area contributed by atoms with Crippen molar-refractivity contribution >= 4 is 21.6 Å². The first-order chi connectivity index (χ1) is 12.8. The van der Waals surface area contributed by atoms with Gasteiger partial charge in [-0.2, -0.15) is 4.72 Å². The van der Waals surface area contributed by atoms with Crippen molar-refractivity contribution < 1.29 is 22.9 Å². The Morgan fingerprint density at radius 2 is 1.81 bits per heavy atom. The van der Waals surface area contributed by atoms with Crippen LogP contribution in [0.1, 0.15) is 10.4 Å². The molecule has 3 N–H and O–H groups in total. The minimum atomic E-state index is -3.84. The second-order valence-corrected chi connectivity index (χ2v) is 6.85. The van der Waals surface area contributed by atoms with Crippen LogP contribution in [0.4, 0.5) is 5.69 Å². The maximum absolute atomic E-state index is 12.1. The molecule has 0 aliphatic heterocycles. The SMILES string of the molecule is NC(=O)c1ccccc1OCC#CCNS(=O)(=O)c1ccc([N+](=O)[O-])cc1. The van der Waals surface area contributed by atoms with Crippen molar-refractivity contribution in [3.63, 3.8) is 0 Å². The smallest absolute Gasteiger partial charge is 0.269 e. The Labute approximate surface area is 155 Å². The fraction of sp³-hybridized carbons (Fsp3) is 0.118. The van der Waals surface area contributed by atoms with E-state index in [0.29, 0.717) is 0 Å². The molecule has 0 spiro atoms. The number of nitrogens with two attached hydrogens (primary N) is 1. The fourth-order valence-electron chi connectivity index (χ4n) is 1.98. The molecule has 0 atom stereocenters. The van der Waals surface area contributed by atoms with E-state index in [1.165, 1.54) is 6.07 Å². The first kappa shape index (κ1) is 19.9. The van der Waals surface area contributed by atoms with E-state index in [9.17, 15) is 23.3 Å². The lowest BCUT2D eigenvalue weighted by atomic mass is 10.2. The van der Waals surface area contributed by atoms with Gasteiger partial charge in [0.25, 0.3) is 11.6 Å². The van der Waals surface area contributed by atoms with Crippen LogP contribution in [0, 0.1) is 22.0 Å². The van der Waals surface area contributed by atoms with Gasteiger partial charge in [0.2, 0.25) is 10.0 Å². The number of hydrogen-bond donors (Lipinski definition) is 2. The number of para-hydroxylation sites is 1. The number of nitrogens with one attached hydrogen (secondary N) is 1. The predicted molar refractivity (Wildman–Crippen MR) is 96.5 cm³/mol. The predicted octanol–water partition coefficient (Wildman–Crippen LogP) is 1.05. The van der Waals surface area contributed by atoms with E-state index in [1.807, 2.05) is 0 Å². The number of benzene rings is 2. The average molecular weight is 389 g/mol. The lowest BCUT2D eigenvalue weighted by Crippen LogP contribution is -2.24. The summed E-state index contributed by atoms with van der Waals surface area (Å²) in [5, 5.41) is 10.6. The van der Waals surface area contributed by atoms with E-state index in [2.05, 4.69) is 16.6 Å². The number of hydrogen-bond acceptors (Lipinski definition) is 6. The Hall–Kier alpha value is -3.42. The van der Waals surface area contributed by atoms with Gasteiger partial charge in [-0.3, -0.25) is 14.9 Å². The number of primary amides is 1. The van der Waals surface area contributed by atoms with Gasteiger partial charge in [0, 0.05) is 12.1 Å². The molecular formula is C17H15N3O6S. The minimum absolute atomic E-state index is 0.0659. The maximum atomic E-state index is 12.1. The number of nitro groups is 1. The summed E-state index contributed by atoms with van der Waals surface area (Å²) in [6, 6.07) is 10.9. The molecule has 0 saturated heterocycles. The van der Waals surface area contributed by atoms with Crippen LogP contribution in [0.5, 0.6) is 5.75 Å². The maximum Gasteiger partial charge on any atom is 0.269 e. The van der Waals surface area contributed by atoms with Crippen molar-refractivity contribution in [2.75, 3.05) is 13.2 Å². The van der Waals surface area contributed by atoms with E-state index in [0.717, 1.165) is 24.3 Å². The Bertz CT molecular complexity index is 1010. The quantitative estimate of drug-likeness (QED) is 0.412. The van der Waals surface area contributed by atoms with E-state index >= 15 is 0 Å². The van der Waals surface area contributed by atoms with Gasteiger partial charge in [0.05, 0.1) is 21.9 Å². The monoisotopic (exact) mass is 389 g/mol. The molecular weight excluding hydrogens is 374 g/mol. The Morgan fingerprint density at radius 3 is 2.44 bits per heavy atom. The van der Waals surface area contributed by atoms with Crippen molar-refractivity contribution in [3.05, 3.63) is 64.2 Å². The van der Waals surface area contributed by atoms with Crippen molar-refractivity contribution in [1.82, 2.24) is 4.72 Å². The van der Waals surface area contributed by atoms with Gasteiger partial charge < -0.3 is 10.5 Å². The summed E-state index contributed by atoms with van der Waals surface area (Å²) in [7, 11) is -3.84. The molecule has 0 aromatic heterocycles. The molecule has 0 aliphatic rings. The van der Waals surface area contributed by atoms with Crippen LogP contribution < -0.4 is 15.2 Å². The molecule has 27 heavy (non-hydrogen) atoms. The lowest BCUT2D eigenvalue weighted by molar-refractivity contribution is -0.384. The van der Waals surface area contributed by atoms with Crippen molar-refractivity contribution in [3.8, 4) is 17.6 Å². The minimum Gasteiger partial charge on any atom is -0.480 e. The Morgan fingerprint density at radius 1 is 1.15 bits per heavy atom. The number of ether oxygens (including phenoxy) is 1. The van der Waals surface area contributed by atoms with Gasteiger partial charge in [0.15, 0.2) is 0 Å². The third-order valence-electron chi connectivity index (χ3n) is 3.29. The number of carbonyl (C=O) groups is 1. The average Bonchev–Trinajstić information content (AvgIpc) is 2.64. The standard InChI is InChI=1S/C17H15N3O6S/c18-17(21)15-5-1-2-6-16(15)26-12-4-3-11-19-27(24,25)14-9-7-13(8-10-14)20(22)23/h1-2,5-10,19H,11-12H2,(H2,18,21). The van der Waals surface area contributed by atoms with Crippen LogP contribution in [0.25, 0.3) is 0 Å². The molecule has 0 aliphatic carbocycles. The third kappa shape index (κ3) is 5.53. The summed E-state index contributed by atoms with van der Waals surface area (Å²) < 4.78 is 31.7. The summed E-state index contributed by atoms with van der Waals surface area (Å²) in [6.45, 7) is -0.246. The number of nitro benzene ring substituents is 1. The number of amides is 1. The van der Waals surface area contributed by atoms with Crippen molar-refractivity contribution in [2.24, 2.45) is 5.73 Å². The number of nitrogens with zero attached hydrogens (tertiary/aromatic N) is 1. The highest BCUT2D eigenvalue weighted by Crippen LogP contribution is 2.17. The van der Waals surface area contributed by atoms with E-state index in [1.54, 1.807) is 18.2 Å². The number of carbonyl (C=O) groups excluding carboxylic acids is 1. The normalized spacial score (nSPS) is 10.5. The van der Waals surface area contributed by atoms with Gasteiger partial charge in [-0.1, -0.05) is 24.0 Å². The Balaban J connectivity index is 1.89. The molecule has 0 heterocycles. The van der Waals surface area contributed by atoms with Gasteiger partial charge in [-0.15, -0.1) is 0 Å². The molecule has 2 aromatic carbocycles. The first-order valence-corrected chi connectivity index (χ1v) is 9.01. The van der Waals surface area contributed by atoms with Crippen LogP contribution in [0.15, 0.2) is 53.4 Å². The molecule has 0 bridgehead atoms. The number of rotatable bonds is 7. The summed E-state index contributed by atoms with van der Waals surface area (Å²) >= 11 is 0. The van der Waals surface area contributed by atoms with Crippen molar-refractivity contribution in [2.45, 2.75) is 4.90 Å². The van der Waals surface area contributed by atoms with Gasteiger partial charge in [-0.25, -0.2) is 8.42 Å². The number of sulfonamides is 1. The molecule has 2 aromatic rings. The van der Waals surface area contributed by atoms with Crippen LogP contribution in [-0.4, -0.2) is 32.4 Å². The zero-order valence-electron chi connectivity index (χ0n) is 13.9. The van der Waals surface area contributed by atoms with Gasteiger partial charge >= 0.3 is 0 Å². The topological polar surface area (TPSA) is 142 Å². The van der Waals surface area contributed by atoms with Gasteiger partial charge in [0.1, 0.15) is 12.4 Å². The van der Waals surface area contributed by atoms with Crippen LogP contribution in [0.2, 0.25) is 0 Å². The molecule has 10 heteroatoms. The summed E-state index contributed by atoms with van der Waals surface area (Å²) in [5.41, 5.74) is 5.24. The molecule has 9 nitrogen and oxygen atoms in total. The summed E-state index contributed by atoms with van der Waals surface area (Å²) in [4.78, 5) is 21.1. The van der Waals surface area contributed by atoms with E-state index in [-0.39, 0.29) is 35.0 Å². The lowest BCUT2D eigenvalue weighted by Gasteiger charge is -2.06. The van der Waals surface area contributed by atoms with Crippen LogP contribution >= 0.6 is 0 Å². The molecule has 2 rings (SSSR count). The molecule has 0 fully saturated rings. The first-order valence-electron chi connectivity index (χ1n) is 7.53. The highest BCUT2D eigenvalue weighted by Gasteiger charge is 2.14. The Kier molecular flexibility index (Phi) is 6.48. The van der Waals surface area contributed by atoms with Gasteiger partial charge in [-0.05, 0) is 24.3 Å². The number of non-ortho nitro benzene ring substituents is 1. The van der Waals surface area contributed by atoms with E-state index < -0.39 is 20.9 Å². The zero-order chi connectivity index (χ0) is 19.9. The molecule has 0 saturated carbocycles. The summed E-state index contributed by atoms with van der Waals surface area (Å²) in [6.07, 6.45) is 0. The second kappa shape index (κ2) is 8.79. The highest BCUT2D eigenvalue weighted by molar-refractivity contribution is 7.89. The van der Waals surface area contributed by atoms with E-state index in [4.69, 9.17) is 10.5 Å². The molecule has 140 valence electrons. The molecule has 0 unspecified atom stereocenters. The zero-order valence-corrected chi connectivity index (χ0v) is 14.7. The van der Waals surface area contributed by atoms with Crippen LogP contribution in [-0.2, 0) is 10.0 Å². The highest BCUT2D eigenvalue weighted by atomic mass is 32.2. The third-order valence-corrected chi connectivity index (χ3v) is 4.70.